The van der Waals surface area contributed by atoms with Crippen molar-refractivity contribution in [1.82, 2.24) is 4.90 Å². The van der Waals surface area contributed by atoms with Crippen molar-refractivity contribution in [2.75, 3.05) is 23.7 Å². The zero-order valence-electron chi connectivity index (χ0n) is 18.2. The molecular formula is C27H29N3O2. The third-order valence-electron chi connectivity index (χ3n) is 5.90. The molecule has 1 aliphatic rings. The van der Waals surface area contributed by atoms with E-state index in [4.69, 9.17) is 0 Å². The van der Waals surface area contributed by atoms with Crippen molar-refractivity contribution < 1.29 is 9.59 Å². The molecule has 4 rings (SSSR count). The Labute approximate surface area is 189 Å². The van der Waals surface area contributed by atoms with Crippen LogP contribution in [-0.4, -0.2) is 29.8 Å². The first-order valence-electron chi connectivity index (χ1n) is 11.2. The number of rotatable bonds is 7. The molecule has 164 valence electrons. The Balaban J connectivity index is 1.21. The first-order chi connectivity index (χ1) is 15.7. The first kappa shape index (κ1) is 21.6. The quantitative estimate of drug-likeness (QED) is 0.542. The maximum Gasteiger partial charge on any atom is 0.227 e. The lowest BCUT2D eigenvalue weighted by Crippen LogP contribution is -2.41. The number of anilines is 3. The van der Waals surface area contributed by atoms with E-state index in [-0.39, 0.29) is 17.7 Å². The molecular weight excluding hydrogens is 398 g/mol. The second-order valence-electron chi connectivity index (χ2n) is 8.20. The molecule has 0 radical (unpaired) electrons. The van der Waals surface area contributed by atoms with Crippen LogP contribution in [0.1, 0.15) is 24.8 Å². The Morgan fingerprint density at radius 3 is 1.97 bits per heavy atom. The van der Waals surface area contributed by atoms with Crippen LogP contribution in [0.5, 0.6) is 0 Å². The molecule has 2 N–H and O–H groups in total. The third kappa shape index (κ3) is 5.97. The third-order valence-corrected chi connectivity index (χ3v) is 5.90. The summed E-state index contributed by atoms with van der Waals surface area (Å²) in [6.45, 7) is 1.29. The van der Waals surface area contributed by atoms with E-state index < -0.39 is 0 Å². The molecule has 0 atom stereocenters. The van der Waals surface area contributed by atoms with Crippen LogP contribution < -0.4 is 10.6 Å². The second-order valence-corrected chi connectivity index (χ2v) is 8.20. The van der Waals surface area contributed by atoms with E-state index in [0.717, 1.165) is 23.5 Å². The molecule has 1 heterocycles. The van der Waals surface area contributed by atoms with Crippen LogP contribution in [0.25, 0.3) is 0 Å². The Kier molecular flexibility index (Phi) is 7.18. The number of likely N-dealkylation sites (tertiary alicyclic amines) is 1. The van der Waals surface area contributed by atoms with Crippen LogP contribution in [0.2, 0.25) is 0 Å². The molecule has 1 saturated heterocycles. The maximum atomic E-state index is 12.7. The van der Waals surface area contributed by atoms with Crippen LogP contribution in [0.4, 0.5) is 17.1 Å². The number of amides is 2. The molecule has 3 aromatic rings. The molecule has 0 bridgehead atoms. The van der Waals surface area contributed by atoms with Crippen molar-refractivity contribution in [3.8, 4) is 0 Å². The Bertz CT molecular complexity index is 1010. The average Bonchev–Trinajstić information content (AvgIpc) is 2.85. The van der Waals surface area contributed by atoms with Gasteiger partial charge in [0.25, 0.3) is 0 Å². The van der Waals surface area contributed by atoms with E-state index in [1.165, 1.54) is 5.56 Å². The predicted octanol–water partition coefficient (Wildman–Crippen LogP) is 5.24. The molecule has 5 heteroatoms. The maximum absolute atomic E-state index is 12.7. The molecule has 0 spiro atoms. The molecule has 0 aliphatic carbocycles. The number of para-hydroxylation sites is 1. The number of hydrogen-bond acceptors (Lipinski definition) is 3. The fraction of sp³-hybridized carbons (Fsp3) is 0.259. The van der Waals surface area contributed by atoms with Gasteiger partial charge in [-0.2, -0.15) is 0 Å². The number of aryl methyl sites for hydroxylation is 1. The minimum absolute atomic E-state index is 0.0325. The van der Waals surface area contributed by atoms with Gasteiger partial charge in [-0.15, -0.1) is 0 Å². The van der Waals surface area contributed by atoms with Crippen LogP contribution in [-0.2, 0) is 16.0 Å². The highest BCUT2D eigenvalue weighted by atomic mass is 16.2. The van der Waals surface area contributed by atoms with E-state index in [2.05, 4.69) is 10.6 Å². The highest BCUT2D eigenvalue weighted by molar-refractivity contribution is 5.93. The number of nitrogens with zero attached hydrogens (tertiary/aromatic N) is 1. The molecule has 5 nitrogen and oxygen atoms in total. The molecule has 3 aromatic carbocycles. The molecule has 0 aromatic heterocycles. The Hall–Kier alpha value is -3.60. The smallest absolute Gasteiger partial charge is 0.227 e. The van der Waals surface area contributed by atoms with Crippen molar-refractivity contribution in [2.45, 2.75) is 25.7 Å². The molecule has 0 unspecified atom stereocenters. The number of hydrogen-bond donors (Lipinski definition) is 2. The number of nitrogens with one attached hydrogen (secondary N) is 2. The lowest BCUT2D eigenvalue weighted by atomic mass is 9.95. The van der Waals surface area contributed by atoms with Crippen molar-refractivity contribution in [1.29, 1.82) is 0 Å². The molecule has 1 aliphatic heterocycles. The van der Waals surface area contributed by atoms with Crippen LogP contribution in [0, 0.1) is 5.92 Å². The minimum atomic E-state index is -0.0599. The largest absolute Gasteiger partial charge is 0.356 e. The van der Waals surface area contributed by atoms with Gasteiger partial charge in [-0.25, -0.2) is 0 Å². The number of carbonyl (C=O) groups is 2. The summed E-state index contributed by atoms with van der Waals surface area (Å²) < 4.78 is 0. The van der Waals surface area contributed by atoms with Gasteiger partial charge >= 0.3 is 0 Å². The first-order valence-corrected chi connectivity index (χ1v) is 11.2. The number of piperidine rings is 1. The fourth-order valence-electron chi connectivity index (χ4n) is 4.01. The van der Waals surface area contributed by atoms with Crippen molar-refractivity contribution in [2.24, 2.45) is 5.92 Å². The van der Waals surface area contributed by atoms with Gasteiger partial charge in [0.2, 0.25) is 11.8 Å². The van der Waals surface area contributed by atoms with Gasteiger partial charge in [0.05, 0.1) is 0 Å². The predicted molar refractivity (Wildman–Crippen MR) is 129 cm³/mol. The lowest BCUT2D eigenvalue weighted by Gasteiger charge is -2.31. The summed E-state index contributed by atoms with van der Waals surface area (Å²) in [4.78, 5) is 27.1. The second kappa shape index (κ2) is 10.6. The molecule has 1 fully saturated rings. The van der Waals surface area contributed by atoms with E-state index in [0.29, 0.717) is 32.4 Å². The highest BCUT2D eigenvalue weighted by Gasteiger charge is 2.27. The van der Waals surface area contributed by atoms with Gasteiger partial charge in [-0.3, -0.25) is 9.59 Å². The topological polar surface area (TPSA) is 61.4 Å². The number of benzene rings is 3. The molecule has 32 heavy (non-hydrogen) atoms. The van der Waals surface area contributed by atoms with Gasteiger partial charge < -0.3 is 15.5 Å². The summed E-state index contributed by atoms with van der Waals surface area (Å²) in [5.41, 5.74) is 3.96. The van der Waals surface area contributed by atoms with Gasteiger partial charge in [-0.1, -0.05) is 48.5 Å². The minimum Gasteiger partial charge on any atom is -0.356 e. The SMILES string of the molecule is O=C(Nc1ccc(Nc2ccccc2)cc1)C1CCN(C(=O)CCc2ccccc2)CC1. The van der Waals surface area contributed by atoms with Crippen LogP contribution >= 0.6 is 0 Å². The monoisotopic (exact) mass is 427 g/mol. The van der Waals surface area contributed by atoms with Gasteiger partial charge in [-0.05, 0) is 61.2 Å². The summed E-state index contributed by atoms with van der Waals surface area (Å²) in [6.07, 6.45) is 2.69. The fourth-order valence-corrected chi connectivity index (χ4v) is 4.01. The molecule has 0 saturated carbocycles. The lowest BCUT2D eigenvalue weighted by molar-refractivity contribution is -0.134. The van der Waals surface area contributed by atoms with Gasteiger partial charge in [0, 0.05) is 42.5 Å². The summed E-state index contributed by atoms with van der Waals surface area (Å²) in [7, 11) is 0. The van der Waals surface area contributed by atoms with Crippen molar-refractivity contribution in [3.05, 3.63) is 90.5 Å². The Morgan fingerprint density at radius 2 is 1.31 bits per heavy atom. The van der Waals surface area contributed by atoms with Crippen LogP contribution in [0.15, 0.2) is 84.9 Å². The normalized spacial score (nSPS) is 14.1. The zero-order valence-corrected chi connectivity index (χ0v) is 18.2. The van der Waals surface area contributed by atoms with E-state index in [1.807, 2.05) is 89.8 Å². The van der Waals surface area contributed by atoms with Crippen molar-refractivity contribution in [3.63, 3.8) is 0 Å². The summed E-state index contributed by atoms with van der Waals surface area (Å²) in [5, 5.41) is 6.36. The van der Waals surface area contributed by atoms with Gasteiger partial charge in [0.1, 0.15) is 0 Å². The summed E-state index contributed by atoms with van der Waals surface area (Å²) >= 11 is 0. The van der Waals surface area contributed by atoms with Crippen molar-refractivity contribution >= 4 is 28.9 Å². The highest BCUT2D eigenvalue weighted by Crippen LogP contribution is 2.22. The summed E-state index contributed by atoms with van der Waals surface area (Å²) in [5.74, 6) is 0.148. The van der Waals surface area contributed by atoms with E-state index >= 15 is 0 Å². The average molecular weight is 428 g/mol. The van der Waals surface area contributed by atoms with Crippen LogP contribution in [0.3, 0.4) is 0 Å². The zero-order chi connectivity index (χ0) is 22.2. The Morgan fingerprint density at radius 1 is 0.750 bits per heavy atom. The van der Waals surface area contributed by atoms with E-state index in [1.54, 1.807) is 0 Å². The number of carbonyl (C=O) groups excluding carboxylic acids is 2. The standard InChI is InChI=1S/C27H29N3O2/c31-26(16-11-21-7-3-1-4-8-21)30-19-17-22(18-20-30)27(32)29-25-14-12-24(13-15-25)28-23-9-5-2-6-10-23/h1-10,12-15,22,28H,11,16-20H2,(H,29,32). The van der Waals surface area contributed by atoms with Gasteiger partial charge in [0.15, 0.2) is 0 Å². The molecule has 2 amide bonds. The van der Waals surface area contributed by atoms with E-state index in [9.17, 15) is 9.59 Å². The summed E-state index contributed by atoms with van der Waals surface area (Å²) in [6, 6.07) is 27.8.